The first-order chi connectivity index (χ1) is 6.72. The van der Waals surface area contributed by atoms with Crippen molar-refractivity contribution in [2.75, 3.05) is 5.73 Å². The third-order valence-corrected chi connectivity index (χ3v) is 2.08. The van der Waals surface area contributed by atoms with Gasteiger partial charge in [0.05, 0.1) is 11.2 Å². The Morgan fingerprint density at radius 1 is 1.36 bits per heavy atom. The summed E-state index contributed by atoms with van der Waals surface area (Å²) < 4.78 is 0. The normalized spacial score (nSPS) is 10.0. The Hall–Kier alpha value is -2.08. The van der Waals surface area contributed by atoms with Crippen LogP contribution in [0.4, 0.5) is 5.95 Å². The topological polar surface area (TPSA) is 51.8 Å². The highest BCUT2D eigenvalue weighted by Crippen LogP contribution is 2.19. The van der Waals surface area contributed by atoms with Crippen LogP contribution in [-0.2, 0) is 0 Å². The van der Waals surface area contributed by atoms with E-state index in [2.05, 4.69) is 15.9 Å². The van der Waals surface area contributed by atoms with Gasteiger partial charge >= 0.3 is 0 Å². The molecule has 0 aliphatic carbocycles. The van der Waals surface area contributed by atoms with Crippen LogP contribution in [0.2, 0.25) is 0 Å². The summed E-state index contributed by atoms with van der Waals surface area (Å²) in [7, 11) is 0. The minimum absolute atomic E-state index is 0.282. The Bertz CT molecular complexity index is 538. The molecular weight excluding hydrogens is 174 g/mol. The molecule has 0 bridgehead atoms. The molecule has 0 atom stereocenters. The zero-order valence-corrected chi connectivity index (χ0v) is 7.78. The third kappa shape index (κ3) is 1.17. The van der Waals surface area contributed by atoms with Crippen molar-refractivity contribution in [1.29, 1.82) is 0 Å². The Labute approximate surface area is 82.0 Å². The summed E-state index contributed by atoms with van der Waals surface area (Å²) in [4.78, 5) is 8.20. The minimum atomic E-state index is 0.282. The van der Waals surface area contributed by atoms with Gasteiger partial charge < -0.3 is 5.73 Å². The molecule has 1 aromatic heterocycles. The van der Waals surface area contributed by atoms with Crippen molar-refractivity contribution in [3.8, 4) is 12.3 Å². The lowest BCUT2D eigenvalue weighted by Gasteiger charge is -2.03. The van der Waals surface area contributed by atoms with E-state index in [1.807, 2.05) is 25.1 Å². The second kappa shape index (κ2) is 3.00. The average molecular weight is 183 g/mol. The zero-order valence-electron chi connectivity index (χ0n) is 7.78. The van der Waals surface area contributed by atoms with Crippen LogP contribution in [0.5, 0.6) is 0 Å². The molecule has 0 unspecified atom stereocenters. The number of terminal acetylenes is 1. The van der Waals surface area contributed by atoms with Crippen LogP contribution >= 0.6 is 0 Å². The second-order valence-electron chi connectivity index (χ2n) is 3.01. The van der Waals surface area contributed by atoms with Gasteiger partial charge in [0.2, 0.25) is 5.95 Å². The quantitative estimate of drug-likeness (QED) is 0.630. The number of aromatic nitrogens is 2. The molecule has 2 aromatic rings. The highest BCUT2D eigenvalue weighted by Gasteiger charge is 2.05. The molecule has 3 nitrogen and oxygen atoms in total. The first-order valence-corrected chi connectivity index (χ1v) is 4.22. The van der Waals surface area contributed by atoms with Crippen LogP contribution in [-0.4, -0.2) is 9.97 Å². The van der Waals surface area contributed by atoms with Crippen LogP contribution in [0.15, 0.2) is 18.2 Å². The van der Waals surface area contributed by atoms with Gasteiger partial charge in [-0.2, -0.15) is 0 Å². The maximum absolute atomic E-state index is 5.54. The van der Waals surface area contributed by atoms with E-state index in [1.54, 1.807) is 0 Å². The van der Waals surface area contributed by atoms with Gasteiger partial charge in [-0.05, 0) is 19.1 Å². The van der Waals surface area contributed by atoms with Gasteiger partial charge in [-0.3, -0.25) is 0 Å². The molecule has 2 N–H and O–H groups in total. The number of aryl methyl sites for hydroxylation is 1. The van der Waals surface area contributed by atoms with Crippen molar-refractivity contribution >= 4 is 16.9 Å². The molecule has 68 valence electrons. The summed E-state index contributed by atoms with van der Waals surface area (Å²) in [5.74, 6) is 2.89. The molecule has 1 aromatic carbocycles. The first-order valence-electron chi connectivity index (χ1n) is 4.22. The Balaban J connectivity index is 2.96. The fraction of sp³-hybridized carbons (Fsp3) is 0.0909. The molecule has 2 rings (SSSR count). The minimum Gasteiger partial charge on any atom is -0.368 e. The number of fused-ring (bicyclic) bond motifs is 1. The standard InChI is InChI=1S/C11H9N3/c1-3-8-5-4-6-9-10(8)7(2)13-11(12)14-9/h1,4-6H,2H3,(H2,12,13,14). The molecule has 0 aliphatic rings. The fourth-order valence-corrected chi connectivity index (χ4v) is 1.51. The Morgan fingerprint density at radius 3 is 2.86 bits per heavy atom. The van der Waals surface area contributed by atoms with Crippen molar-refractivity contribution in [2.24, 2.45) is 0 Å². The zero-order chi connectivity index (χ0) is 10.1. The van der Waals surface area contributed by atoms with Crippen molar-refractivity contribution in [2.45, 2.75) is 6.92 Å². The third-order valence-electron chi connectivity index (χ3n) is 2.08. The molecule has 0 fully saturated rings. The van der Waals surface area contributed by atoms with E-state index in [4.69, 9.17) is 12.2 Å². The van der Waals surface area contributed by atoms with Crippen molar-refractivity contribution in [1.82, 2.24) is 9.97 Å². The Kier molecular flexibility index (Phi) is 1.83. The van der Waals surface area contributed by atoms with Gasteiger partial charge in [-0.15, -0.1) is 6.42 Å². The summed E-state index contributed by atoms with van der Waals surface area (Å²) >= 11 is 0. The van der Waals surface area contributed by atoms with E-state index in [0.717, 1.165) is 22.2 Å². The van der Waals surface area contributed by atoms with Crippen molar-refractivity contribution in [3.63, 3.8) is 0 Å². The summed E-state index contributed by atoms with van der Waals surface area (Å²) in [6, 6.07) is 5.61. The summed E-state index contributed by atoms with van der Waals surface area (Å²) in [5, 5.41) is 0.907. The molecule has 14 heavy (non-hydrogen) atoms. The van der Waals surface area contributed by atoms with Gasteiger partial charge in [0.25, 0.3) is 0 Å². The smallest absolute Gasteiger partial charge is 0.220 e. The number of nitrogen functional groups attached to an aromatic ring is 1. The maximum Gasteiger partial charge on any atom is 0.220 e. The van der Waals surface area contributed by atoms with E-state index in [1.165, 1.54) is 0 Å². The lowest BCUT2D eigenvalue weighted by molar-refractivity contribution is 1.17. The highest BCUT2D eigenvalue weighted by molar-refractivity contribution is 5.87. The van der Waals surface area contributed by atoms with Crippen LogP contribution in [0.1, 0.15) is 11.3 Å². The molecular formula is C11H9N3. The van der Waals surface area contributed by atoms with Gasteiger partial charge in [0, 0.05) is 10.9 Å². The molecule has 0 saturated carbocycles. The summed E-state index contributed by atoms with van der Waals surface area (Å²) in [6.07, 6.45) is 5.39. The van der Waals surface area contributed by atoms with Gasteiger partial charge in [-0.25, -0.2) is 9.97 Å². The Morgan fingerprint density at radius 2 is 2.14 bits per heavy atom. The SMILES string of the molecule is C#Cc1cccc2nc(N)nc(C)c12. The van der Waals surface area contributed by atoms with Crippen molar-refractivity contribution in [3.05, 3.63) is 29.5 Å². The average Bonchev–Trinajstić information content (AvgIpc) is 2.16. The van der Waals surface area contributed by atoms with Crippen LogP contribution < -0.4 is 5.73 Å². The molecule has 0 aliphatic heterocycles. The van der Waals surface area contributed by atoms with Gasteiger partial charge in [0.15, 0.2) is 0 Å². The molecule has 0 radical (unpaired) electrons. The summed E-state index contributed by atoms with van der Waals surface area (Å²) in [6.45, 7) is 1.88. The van der Waals surface area contributed by atoms with Crippen LogP contribution in [0.3, 0.4) is 0 Å². The highest BCUT2D eigenvalue weighted by atomic mass is 15.0. The van der Waals surface area contributed by atoms with Gasteiger partial charge in [-0.1, -0.05) is 12.0 Å². The maximum atomic E-state index is 5.54. The van der Waals surface area contributed by atoms with E-state index in [9.17, 15) is 0 Å². The van der Waals surface area contributed by atoms with E-state index in [0.29, 0.717) is 0 Å². The number of hydrogen-bond acceptors (Lipinski definition) is 3. The molecule has 1 heterocycles. The fourth-order valence-electron chi connectivity index (χ4n) is 1.51. The molecule has 0 saturated heterocycles. The van der Waals surface area contributed by atoms with Gasteiger partial charge in [0.1, 0.15) is 0 Å². The first kappa shape index (κ1) is 8.52. The lowest BCUT2D eigenvalue weighted by atomic mass is 10.1. The lowest BCUT2D eigenvalue weighted by Crippen LogP contribution is -1.98. The predicted molar refractivity (Wildman–Crippen MR) is 56.6 cm³/mol. The van der Waals surface area contributed by atoms with Crippen molar-refractivity contribution < 1.29 is 0 Å². The van der Waals surface area contributed by atoms with Crippen LogP contribution in [0.25, 0.3) is 10.9 Å². The predicted octanol–water partition coefficient (Wildman–Crippen LogP) is 1.50. The number of hydrogen-bond donors (Lipinski definition) is 1. The van der Waals surface area contributed by atoms with Crippen LogP contribution in [0, 0.1) is 19.3 Å². The number of nitrogens with two attached hydrogens (primary N) is 1. The monoisotopic (exact) mass is 183 g/mol. The number of anilines is 1. The number of rotatable bonds is 0. The largest absolute Gasteiger partial charge is 0.368 e. The summed E-state index contributed by atoms with van der Waals surface area (Å²) in [5.41, 5.74) is 7.97. The van der Waals surface area contributed by atoms with E-state index < -0.39 is 0 Å². The van der Waals surface area contributed by atoms with E-state index >= 15 is 0 Å². The van der Waals surface area contributed by atoms with E-state index in [-0.39, 0.29) is 5.95 Å². The molecule has 0 amide bonds. The number of benzene rings is 1. The molecule has 3 heteroatoms. The second-order valence-corrected chi connectivity index (χ2v) is 3.01. The molecule has 0 spiro atoms. The number of nitrogens with zero attached hydrogens (tertiary/aromatic N) is 2.